The van der Waals surface area contributed by atoms with Crippen molar-refractivity contribution in [1.29, 1.82) is 0 Å². The summed E-state index contributed by atoms with van der Waals surface area (Å²) in [6, 6.07) is 7.20. The standard InChI is InChI=1S/C19H25ClN2O4/c20-15-2-1-3-16(11-15)26-17-4-7-22(12-14(17)10-18(21)23)19(24)13-5-8-25-9-6-13/h1-3,11,13-14,17H,4-10,12H2,(H2,21,23)/t14-,17-/m0/s1. The van der Waals surface area contributed by atoms with Gasteiger partial charge in [-0.05, 0) is 31.0 Å². The van der Waals surface area contributed by atoms with Crippen LogP contribution >= 0.6 is 11.6 Å². The van der Waals surface area contributed by atoms with E-state index < -0.39 is 0 Å². The molecule has 2 atom stereocenters. The first-order valence-electron chi connectivity index (χ1n) is 9.10. The lowest BCUT2D eigenvalue weighted by molar-refractivity contribution is -0.142. The number of rotatable bonds is 5. The molecule has 6 nitrogen and oxygen atoms in total. The predicted octanol–water partition coefficient (Wildman–Crippen LogP) is 2.24. The number of nitrogens with two attached hydrogens (primary N) is 1. The Morgan fingerprint density at radius 2 is 2.04 bits per heavy atom. The number of likely N-dealkylation sites (tertiary alicyclic amines) is 1. The van der Waals surface area contributed by atoms with Crippen LogP contribution < -0.4 is 10.5 Å². The molecule has 3 rings (SSSR count). The van der Waals surface area contributed by atoms with Crippen LogP contribution in [0, 0.1) is 11.8 Å². The van der Waals surface area contributed by atoms with Gasteiger partial charge in [-0.3, -0.25) is 9.59 Å². The van der Waals surface area contributed by atoms with Crippen molar-refractivity contribution in [1.82, 2.24) is 4.90 Å². The van der Waals surface area contributed by atoms with E-state index in [2.05, 4.69) is 0 Å². The second-order valence-electron chi connectivity index (χ2n) is 7.00. The minimum atomic E-state index is -0.380. The van der Waals surface area contributed by atoms with Crippen LogP contribution in [0.2, 0.25) is 5.02 Å². The fraction of sp³-hybridized carbons (Fsp3) is 0.579. The highest BCUT2D eigenvalue weighted by molar-refractivity contribution is 6.30. The van der Waals surface area contributed by atoms with Crippen LogP contribution in [0.5, 0.6) is 5.75 Å². The Morgan fingerprint density at radius 1 is 1.27 bits per heavy atom. The molecule has 2 amide bonds. The Morgan fingerprint density at radius 3 is 2.73 bits per heavy atom. The molecule has 0 unspecified atom stereocenters. The van der Waals surface area contributed by atoms with E-state index >= 15 is 0 Å². The van der Waals surface area contributed by atoms with Crippen LogP contribution in [0.3, 0.4) is 0 Å². The Kier molecular flexibility index (Phi) is 6.38. The molecule has 1 aromatic carbocycles. The van der Waals surface area contributed by atoms with Gasteiger partial charge < -0.3 is 20.1 Å². The number of amides is 2. The molecule has 0 spiro atoms. The largest absolute Gasteiger partial charge is 0.490 e. The lowest BCUT2D eigenvalue weighted by Crippen LogP contribution is -2.51. The first-order valence-corrected chi connectivity index (χ1v) is 9.48. The lowest BCUT2D eigenvalue weighted by atomic mass is 9.89. The molecule has 142 valence electrons. The molecule has 0 aliphatic carbocycles. The lowest BCUT2D eigenvalue weighted by Gasteiger charge is -2.40. The quantitative estimate of drug-likeness (QED) is 0.849. The number of benzene rings is 1. The van der Waals surface area contributed by atoms with Gasteiger partial charge in [0.15, 0.2) is 0 Å². The number of halogens is 1. The highest BCUT2D eigenvalue weighted by Crippen LogP contribution is 2.29. The van der Waals surface area contributed by atoms with Crippen LogP contribution in [0.1, 0.15) is 25.7 Å². The molecule has 0 aromatic heterocycles. The van der Waals surface area contributed by atoms with E-state index in [0.717, 1.165) is 12.8 Å². The van der Waals surface area contributed by atoms with Crippen LogP contribution in [-0.4, -0.2) is 49.1 Å². The molecular formula is C19H25ClN2O4. The van der Waals surface area contributed by atoms with Gasteiger partial charge in [-0.25, -0.2) is 0 Å². The number of primary amides is 1. The van der Waals surface area contributed by atoms with Crippen molar-refractivity contribution in [2.24, 2.45) is 17.6 Å². The summed E-state index contributed by atoms with van der Waals surface area (Å²) in [7, 11) is 0. The monoisotopic (exact) mass is 380 g/mol. The fourth-order valence-corrected chi connectivity index (χ4v) is 3.92. The van der Waals surface area contributed by atoms with Gasteiger partial charge in [0.05, 0.1) is 0 Å². The molecular weight excluding hydrogens is 356 g/mol. The molecule has 0 bridgehead atoms. The maximum atomic E-state index is 12.8. The zero-order valence-corrected chi connectivity index (χ0v) is 15.5. The van der Waals surface area contributed by atoms with Crippen molar-refractivity contribution in [3.63, 3.8) is 0 Å². The Labute approximate surface area is 158 Å². The minimum absolute atomic E-state index is 0.0170. The highest BCUT2D eigenvalue weighted by atomic mass is 35.5. The summed E-state index contributed by atoms with van der Waals surface area (Å²) in [5, 5.41) is 0.598. The number of hydrogen-bond donors (Lipinski definition) is 1. The topological polar surface area (TPSA) is 81.9 Å². The molecule has 26 heavy (non-hydrogen) atoms. The van der Waals surface area contributed by atoms with E-state index in [1.165, 1.54) is 0 Å². The van der Waals surface area contributed by atoms with Gasteiger partial charge in [-0.1, -0.05) is 17.7 Å². The number of nitrogens with zero attached hydrogens (tertiary/aromatic N) is 1. The zero-order valence-electron chi connectivity index (χ0n) is 14.7. The van der Waals surface area contributed by atoms with Gasteiger partial charge in [0.1, 0.15) is 11.9 Å². The van der Waals surface area contributed by atoms with Crippen molar-refractivity contribution in [2.75, 3.05) is 26.3 Å². The van der Waals surface area contributed by atoms with E-state index in [9.17, 15) is 9.59 Å². The minimum Gasteiger partial charge on any atom is -0.490 e. The van der Waals surface area contributed by atoms with Crippen molar-refractivity contribution >= 4 is 23.4 Å². The number of carbonyl (C=O) groups is 2. The van der Waals surface area contributed by atoms with Gasteiger partial charge in [-0.15, -0.1) is 0 Å². The van der Waals surface area contributed by atoms with Crippen LogP contribution in [0.4, 0.5) is 0 Å². The Bertz CT molecular complexity index is 648. The van der Waals surface area contributed by atoms with Gasteiger partial charge in [-0.2, -0.15) is 0 Å². The zero-order chi connectivity index (χ0) is 18.5. The molecule has 7 heteroatoms. The number of hydrogen-bond acceptors (Lipinski definition) is 4. The van der Waals surface area contributed by atoms with E-state index in [-0.39, 0.29) is 36.2 Å². The predicted molar refractivity (Wildman–Crippen MR) is 97.9 cm³/mol. The molecule has 2 saturated heterocycles. The summed E-state index contributed by atoms with van der Waals surface area (Å²) in [5.74, 6) is 0.340. The average molecular weight is 381 g/mol. The van der Waals surface area contributed by atoms with Crippen LogP contribution in [0.15, 0.2) is 24.3 Å². The Balaban J connectivity index is 1.66. The first kappa shape index (κ1) is 19.0. The summed E-state index contributed by atoms with van der Waals surface area (Å²) in [6.07, 6.45) is 2.22. The van der Waals surface area contributed by atoms with E-state index in [1.54, 1.807) is 12.1 Å². The molecule has 1 aromatic rings. The third-order valence-corrected chi connectivity index (χ3v) is 5.33. The van der Waals surface area contributed by atoms with E-state index in [4.69, 9.17) is 26.8 Å². The maximum absolute atomic E-state index is 12.8. The number of carbonyl (C=O) groups excluding carboxylic acids is 2. The normalized spacial score (nSPS) is 24.3. The van der Waals surface area contributed by atoms with Gasteiger partial charge in [0.2, 0.25) is 11.8 Å². The maximum Gasteiger partial charge on any atom is 0.225 e. The SMILES string of the molecule is NC(=O)C[C@H]1CN(C(=O)C2CCOCC2)CC[C@@H]1Oc1cccc(Cl)c1. The molecule has 2 heterocycles. The molecule has 2 aliphatic heterocycles. The van der Waals surface area contributed by atoms with Crippen LogP contribution in [0.25, 0.3) is 0 Å². The van der Waals surface area contributed by atoms with E-state index in [1.807, 2.05) is 17.0 Å². The van der Waals surface area contributed by atoms with Gasteiger partial charge in [0.25, 0.3) is 0 Å². The highest BCUT2D eigenvalue weighted by Gasteiger charge is 2.36. The smallest absolute Gasteiger partial charge is 0.225 e. The number of piperidine rings is 1. The van der Waals surface area contributed by atoms with Gasteiger partial charge >= 0.3 is 0 Å². The molecule has 2 N–H and O–H groups in total. The first-order chi connectivity index (χ1) is 12.5. The van der Waals surface area contributed by atoms with Crippen molar-refractivity contribution in [3.8, 4) is 5.75 Å². The molecule has 0 radical (unpaired) electrons. The average Bonchev–Trinajstić information content (AvgIpc) is 2.63. The van der Waals surface area contributed by atoms with Gasteiger partial charge in [0, 0.05) is 56.0 Å². The number of ether oxygens (including phenoxy) is 2. The van der Waals surface area contributed by atoms with Crippen LogP contribution in [-0.2, 0) is 14.3 Å². The fourth-order valence-electron chi connectivity index (χ4n) is 3.74. The Hall–Kier alpha value is -1.79. The molecule has 0 saturated carbocycles. The summed E-state index contributed by atoms with van der Waals surface area (Å²) in [4.78, 5) is 26.2. The van der Waals surface area contributed by atoms with Crippen molar-refractivity contribution in [2.45, 2.75) is 31.8 Å². The van der Waals surface area contributed by atoms with Crippen molar-refractivity contribution in [3.05, 3.63) is 29.3 Å². The molecule has 2 fully saturated rings. The van der Waals surface area contributed by atoms with E-state index in [0.29, 0.717) is 43.5 Å². The second-order valence-corrected chi connectivity index (χ2v) is 7.44. The third kappa shape index (κ3) is 4.89. The summed E-state index contributed by atoms with van der Waals surface area (Å²) >= 11 is 6.02. The summed E-state index contributed by atoms with van der Waals surface area (Å²) in [5.41, 5.74) is 5.43. The molecule has 2 aliphatic rings. The summed E-state index contributed by atoms with van der Waals surface area (Å²) < 4.78 is 11.4. The second kappa shape index (κ2) is 8.73. The summed E-state index contributed by atoms with van der Waals surface area (Å²) in [6.45, 7) is 2.38. The van der Waals surface area contributed by atoms with Crippen molar-refractivity contribution < 1.29 is 19.1 Å². The third-order valence-electron chi connectivity index (χ3n) is 5.09.